The first kappa shape index (κ1) is 21.8. The Balaban J connectivity index is 2.03. The molecule has 2 aromatic carbocycles. The van der Waals surface area contributed by atoms with E-state index in [0.29, 0.717) is 28.5 Å². The SMILES string of the molecule is COc1cc(OC)c(OC)cc1/C=C/C(=O)N(C)CC(=O)Nc1ccc(C)cc1. The maximum atomic E-state index is 12.4. The van der Waals surface area contributed by atoms with Crippen molar-refractivity contribution in [1.29, 1.82) is 0 Å². The first-order valence-electron chi connectivity index (χ1n) is 8.97. The van der Waals surface area contributed by atoms with Crippen molar-refractivity contribution in [3.63, 3.8) is 0 Å². The molecule has 0 aliphatic carbocycles. The van der Waals surface area contributed by atoms with Crippen molar-refractivity contribution in [2.45, 2.75) is 6.92 Å². The molecule has 0 bridgehead atoms. The lowest BCUT2D eigenvalue weighted by Gasteiger charge is -2.15. The van der Waals surface area contributed by atoms with E-state index in [4.69, 9.17) is 14.2 Å². The number of nitrogens with one attached hydrogen (secondary N) is 1. The summed E-state index contributed by atoms with van der Waals surface area (Å²) in [5.41, 5.74) is 2.44. The average Bonchev–Trinajstić information content (AvgIpc) is 2.72. The van der Waals surface area contributed by atoms with Crippen LogP contribution in [0.25, 0.3) is 6.08 Å². The second kappa shape index (κ2) is 10.2. The molecule has 0 saturated carbocycles. The Hall–Kier alpha value is -3.48. The van der Waals surface area contributed by atoms with E-state index in [2.05, 4.69) is 5.32 Å². The number of likely N-dealkylation sites (N-methyl/N-ethyl adjacent to an activating group) is 1. The second-order valence-electron chi connectivity index (χ2n) is 6.39. The lowest BCUT2D eigenvalue weighted by Crippen LogP contribution is -2.33. The fraction of sp³-hybridized carbons (Fsp3) is 0.273. The van der Waals surface area contributed by atoms with Gasteiger partial charge >= 0.3 is 0 Å². The fourth-order valence-electron chi connectivity index (χ4n) is 2.60. The first-order chi connectivity index (χ1) is 13.9. The molecule has 0 aliphatic heterocycles. The number of hydrogen-bond acceptors (Lipinski definition) is 5. The molecule has 154 valence electrons. The van der Waals surface area contributed by atoms with Crippen LogP contribution in [0.2, 0.25) is 0 Å². The minimum atomic E-state index is -0.319. The predicted molar refractivity (Wildman–Crippen MR) is 113 cm³/mol. The highest BCUT2D eigenvalue weighted by Gasteiger charge is 2.13. The van der Waals surface area contributed by atoms with Gasteiger partial charge in [-0.1, -0.05) is 17.7 Å². The molecule has 0 saturated heterocycles. The summed E-state index contributed by atoms with van der Waals surface area (Å²) in [6.07, 6.45) is 2.99. The zero-order chi connectivity index (χ0) is 21.4. The number of benzene rings is 2. The Kier molecular flexibility index (Phi) is 7.65. The number of anilines is 1. The molecular weight excluding hydrogens is 372 g/mol. The van der Waals surface area contributed by atoms with Crippen LogP contribution in [0.5, 0.6) is 17.2 Å². The number of rotatable bonds is 8. The van der Waals surface area contributed by atoms with Crippen LogP contribution < -0.4 is 19.5 Å². The fourth-order valence-corrected chi connectivity index (χ4v) is 2.60. The summed E-state index contributed by atoms with van der Waals surface area (Å²) in [5.74, 6) is 0.984. The van der Waals surface area contributed by atoms with Crippen molar-refractivity contribution < 1.29 is 23.8 Å². The highest BCUT2D eigenvalue weighted by atomic mass is 16.5. The van der Waals surface area contributed by atoms with Crippen molar-refractivity contribution in [3.8, 4) is 17.2 Å². The largest absolute Gasteiger partial charge is 0.496 e. The maximum Gasteiger partial charge on any atom is 0.246 e. The molecule has 7 heteroatoms. The van der Waals surface area contributed by atoms with Crippen LogP contribution in [0, 0.1) is 6.92 Å². The van der Waals surface area contributed by atoms with Gasteiger partial charge in [0.15, 0.2) is 11.5 Å². The van der Waals surface area contributed by atoms with Gasteiger partial charge in [0.25, 0.3) is 0 Å². The lowest BCUT2D eigenvalue weighted by molar-refractivity contribution is -0.129. The maximum absolute atomic E-state index is 12.4. The molecule has 0 heterocycles. The third kappa shape index (κ3) is 6.00. The van der Waals surface area contributed by atoms with Gasteiger partial charge in [0, 0.05) is 30.4 Å². The molecule has 0 fully saturated rings. The summed E-state index contributed by atoms with van der Waals surface area (Å²) < 4.78 is 15.9. The van der Waals surface area contributed by atoms with E-state index in [9.17, 15) is 9.59 Å². The van der Waals surface area contributed by atoms with E-state index in [1.165, 1.54) is 32.3 Å². The number of hydrogen-bond donors (Lipinski definition) is 1. The number of aryl methyl sites for hydroxylation is 1. The molecule has 0 unspecified atom stereocenters. The first-order valence-corrected chi connectivity index (χ1v) is 8.97. The van der Waals surface area contributed by atoms with E-state index in [1.807, 2.05) is 31.2 Å². The van der Waals surface area contributed by atoms with Crippen molar-refractivity contribution >= 4 is 23.6 Å². The van der Waals surface area contributed by atoms with Gasteiger partial charge in [0.2, 0.25) is 11.8 Å². The number of ether oxygens (including phenoxy) is 3. The zero-order valence-corrected chi connectivity index (χ0v) is 17.3. The Bertz CT molecular complexity index is 891. The third-order valence-electron chi connectivity index (χ3n) is 4.23. The monoisotopic (exact) mass is 398 g/mol. The van der Waals surface area contributed by atoms with Crippen molar-refractivity contribution in [2.24, 2.45) is 0 Å². The quantitative estimate of drug-likeness (QED) is 0.692. The molecule has 0 atom stereocenters. The molecule has 29 heavy (non-hydrogen) atoms. The third-order valence-corrected chi connectivity index (χ3v) is 4.23. The van der Waals surface area contributed by atoms with Gasteiger partial charge in [-0.15, -0.1) is 0 Å². The van der Waals surface area contributed by atoms with Crippen LogP contribution in [0.4, 0.5) is 5.69 Å². The number of carbonyl (C=O) groups is 2. The molecular formula is C22H26N2O5. The second-order valence-corrected chi connectivity index (χ2v) is 6.39. The van der Waals surface area contributed by atoms with Gasteiger partial charge in [-0.3, -0.25) is 9.59 Å². The van der Waals surface area contributed by atoms with Crippen molar-refractivity contribution in [2.75, 3.05) is 40.2 Å². The lowest BCUT2D eigenvalue weighted by atomic mass is 10.1. The zero-order valence-electron chi connectivity index (χ0n) is 17.3. The number of nitrogens with zero attached hydrogens (tertiary/aromatic N) is 1. The molecule has 0 radical (unpaired) electrons. The van der Waals surface area contributed by atoms with Crippen molar-refractivity contribution in [1.82, 2.24) is 4.90 Å². The molecule has 0 aliphatic rings. The van der Waals surface area contributed by atoms with Gasteiger partial charge in [-0.2, -0.15) is 0 Å². The van der Waals surface area contributed by atoms with E-state index in [0.717, 1.165) is 5.56 Å². The summed E-state index contributed by atoms with van der Waals surface area (Å²) in [6.45, 7) is 1.90. The van der Waals surface area contributed by atoms with Crippen molar-refractivity contribution in [3.05, 3.63) is 53.6 Å². The molecule has 2 amide bonds. The minimum Gasteiger partial charge on any atom is -0.496 e. The molecule has 0 aromatic heterocycles. The number of amides is 2. The Morgan fingerprint density at radius 1 is 0.966 bits per heavy atom. The average molecular weight is 398 g/mol. The Labute approximate surface area is 170 Å². The number of carbonyl (C=O) groups excluding carboxylic acids is 2. The Morgan fingerprint density at radius 3 is 2.14 bits per heavy atom. The summed E-state index contributed by atoms with van der Waals surface area (Å²) in [5, 5.41) is 2.77. The molecule has 1 N–H and O–H groups in total. The molecule has 2 aromatic rings. The Morgan fingerprint density at radius 2 is 1.55 bits per heavy atom. The standard InChI is InChI=1S/C22H26N2O5/c1-15-6-9-17(10-7-15)23-21(25)14-24(2)22(26)11-8-16-12-19(28-4)20(29-5)13-18(16)27-3/h6-13H,14H2,1-5H3,(H,23,25)/b11-8+. The van der Waals surface area contributed by atoms with E-state index in [-0.39, 0.29) is 18.4 Å². The molecule has 7 nitrogen and oxygen atoms in total. The van der Waals surface area contributed by atoms with Gasteiger partial charge in [-0.05, 0) is 31.2 Å². The van der Waals surface area contributed by atoms with E-state index >= 15 is 0 Å². The van der Waals surface area contributed by atoms with Crippen LogP contribution in [-0.2, 0) is 9.59 Å². The summed E-state index contributed by atoms with van der Waals surface area (Å²) >= 11 is 0. The van der Waals surface area contributed by atoms with Gasteiger partial charge in [-0.25, -0.2) is 0 Å². The summed E-state index contributed by atoms with van der Waals surface area (Å²) in [6, 6.07) is 10.8. The van der Waals surface area contributed by atoms with Gasteiger partial charge in [0.1, 0.15) is 5.75 Å². The van der Waals surface area contributed by atoms with E-state index < -0.39 is 0 Å². The summed E-state index contributed by atoms with van der Waals surface area (Å²) in [4.78, 5) is 25.9. The number of methoxy groups -OCH3 is 3. The van der Waals surface area contributed by atoms with Crippen LogP contribution >= 0.6 is 0 Å². The predicted octanol–water partition coefficient (Wildman–Crippen LogP) is 3.13. The molecule has 0 spiro atoms. The highest BCUT2D eigenvalue weighted by molar-refractivity contribution is 5.98. The topological polar surface area (TPSA) is 77.1 Å². The normalized spacial score (nSPS) is 10.5. The molecule has 2 rings (SSSR count). The minimum absolute atomic E-state index is 0.0693. The van der Waals surface area contributed by atoms with Gasteiger partial charge in [0.05, 0.1) is 27.9 Å². The smallest absolute Gasteiger partial charge is 0.246 e. The summed E-state index contributed by atoms with van der Waals surface area (Å²) in [7, 11) is 6.16. The van der Waals surface area contributed by atoms with Crippen LogP contribution in [0.1, 0.15) is 11.1 Å². The van der Waals surface area contributed by atoms with E-state index in [1.54, 1.807) is 25.3 Å². The highest BCUT2D eigenvalue weighted by Crippen LogP contribution is 2.35. The van der Waals surface area contributed by atoms with Crippen LogP contribution in [0.15, 0.2) is 42.5 Å². The van der Waals surface area contributed by atoms with Crippen LogP contribution in [0.3, 0.4) is 0 Å². The van der Waals surface area contributed by atoms with Crippen LogP contribution in [-0.4, -0.2) is 51.6 Å². The van der Waals surface area contributed by atoms with Gasteiger partial charge < -0.3 is 24.4 Å².